The summed E-state index contributed by atoms with van der Waals surface area (Å²) in [5.41, 5.74) is 1.80. The Hall–Kier alpha value is -3.04. The molecule has 1 atom stereocenters. The molecular formula is C22H21N3O4S2. The van der Waals surface area contributed by atoms with Crippen LogP contribution >= 0.6 is 24.0 Å². The van der Waals surface area contributed by atoms with Gasteiger partial charge < -0.3 is 14.6 Å². The molecule has 2 N–H and O–H groups in total. The lowest BCUT2D eigenvalue weighted by Gasteiger charge is -2.20. The average Bonchev–Trinajstić information content (AvgIpc) is 2.96. The number of rotatable bonds is 4. The number of aliphatic imine (C=N–C) groups is 1. The van der Waals surface area contributed by atoms with E-state index in [1.165, 1.54) is 4.57 Å². The quantitative estimate of drug-likeness (QED) is 0.562. The predicted octanol–water partition coefficient (Wildman–Crippen LogP) is 4.52. The van der Waals surface area contributed by atoms with E-state index in [-0.39, 0.29) is 21.5 Å². The number of benzene rings is 2. The van der Waals surface area contributed by atoms with E-state index in [1.807, 2.05) is 42.5 Å². The van der Waals surface area contributed by atoms with Crippen molar-refractivity contribution in [3.8, 4) is 17.4 Å². The zero-order valence-corrected chi connectivity index (χ0v) is 18.8. The van der Waals surface area contributed by atoms with Crippen LogP contribution in [-0.4, -0.2) is 34.6 Å². The Morgan fingerprint density at radius 2 is 2.00 bits per heavy atom. The lowest BCUT2D eigenvalue weighted by Crippen LogP contribution is -2.23. The number of aromatic amines is 1. The summed E-state index contributed by atoms with van der Waals surface area (Å²) in [5.74, 6) is 1.16. The van der Waals surface area contributed by atoms with Crippen molar-refractivity contribution in [1.82, 2.24) is 9.55 Å². The first-order chi connectivity index (χ1) is 14.9. The molecule has 3 aromatic rings. The van der Waals surface area contributed by atoms with Gasteiger partial charge in [-0.3, -0.25) is 19.3 Å². The number of aromatic nitrogens is 2. The molecule has 0 amide bonds. The summed E-state index contributed by atoms with van der Waals surface area (Å²) in [6.45, 7) is 0. The van der Waals surface area contributed by atoms with Crippen molar-refractivity contribution < 1.29 is 14.6 Å². The summed E-state index contributed by atoms with van der Waals surface area (Å²) in [6, 6.07) is 13.4. The Morgan fingerprint density at radius 1 is 1.23 bits per heavy atom. The number of fused-ring (bicyclic) bond motifs is 1. The monoisotopic (exact) mass is 455 g/mol. The maximum atomic E-state index is 12.8. The van der Waals surface area contributed by atoms with Crippen molar-refractivity contribution in [1.29, 1.82) is 0 Å². The Bertz CT molecular complexity index is 1300. The summed E-state index contributed by atoms with van der Waals surface area (Å²) in [4.78, 5) is 21.1. The van der Waals surface area contributed by atoms with Gasteiger partial charge in [0.25, 0.3) is 5.56 Å². The number of H-pyrrole nitrogens is 1. The maximum absolute atomic E-state index is 12.8. The molecule has 0 spiro atoms. The standard InChI is InChI=1S/C22H21N3O4S2/c1-25-21(27)19(20(26)24-22(25)30)15-11-18(31-17-7-5-4-6-14(17)23-15)13-9-8-12(28-2)10-16(13)29-3/h4-10,18,27H,11H2,1-3H3,(H,24,26,30)/t18-/m1/s1. The molecule has 1 aliphatic heterocycles. The SMILES string of the molecule is COc1ccc([C@H]2CC(c3c(O)n(C)c(=S)[nH]c3=O)=Nc3ccccc3S2)c(OC)c1. The van der Waals surface area contributed by atoms with Crippen molar-refractivity contribution >= 4 is 35.4 Å². The third-order valence-electron chi connectivity index (χ3n) is 5.14. The molecule has 0 radical (unpaired) electrons. The molecular weight excluding hydrogens is 434 g/mol. The van der Waals surface area contributed by atoms with Crippen molar-refractivity contribution in [2.75, 3.05) is 14.2 Å². The molecule has 0 bridgehead atoms. The van der Waals surface area contributed by atoms with E-state index in [0.29, 0.717) is 23.6 Å². The first-order valence-electron chi connectivity index (χ1n) is 9.50. The minimum absolute atomic E-state index is 0.115. The normalized spacial score (nSPS) is 15.6. The number of thioether (sulfide) groups is 1. The third-order valence-corrected chi connectivity index (χ3v) is 6.82. The molecule has 1 aromatic heterocycles. The van der Waals surface area contributed by atoms with Crippen molar-refractivity contribution in [3.63, 3.8) is 0 Å². The molecule has 0 fully saturated rings. The molecule has 4 rings (SSSR count). The summed E-state index contributed by atoms with van der Waals surface area (Å²) in [7, 11) is 4.82. The number of ether oxygens (including phenoxy) is 2. The van der Waals surface area contributed by atoms with E-state index in [0.717, 1.165) is 16.1 Å². The zero-order chi connectivity index (χ0) is 22.1. The topological polar surface area (TPSA) is 88.8 Å². The smallest absolute Gasteiger partial charge is 0.264 e. The highest BCUT2D eigenvalue weighted by molar-refractivity contribution is 7.99. The van der Waals surface area contributed by atoms with E-state index in [1.54, 1.807) is 33.0 Å². The van der Waals surface area contributed by atoms with Gasteiger partial charge in [-0.15, -0.1) is 11.8 Å². The van der Waals surface area contributed by atoms with E-state index >= 15 is 0 Å². The summed E-state index contributed by atoms with van der Waals surface area (Å²) < 4.78 is 12.5. The van der Waals surface area contributed by atoms with Gasteiger partial charge in [-0.25, -0.2) is 0 Å². The fourth-order valence-corrected chi connectivity index (χ4v) is 4.94. The molecule has 0 aliphatic carbocycles. The molecule has 160 valence electrons. The second-order valence-corrected chi connectivity index (χ2v) is 8.59. The van der Waals surface area contributed by atoms with Gasteiger partial charge in [-0.2, -0.15) is 0 Å². The van der Waals surface area contributed by atoms with Crippen LogP contribution < -0.4 is 15.0 Å². The number of para-hydroxylation sites is 1. The molecule has 2 heterocycles. The highest BCUT2D eigenvalue weighted by atomic mass is 32.2. The molecule has 0 unspecified atom stereocenters. The molecule has 31 heavy (non-hydrogen) atoms. The Balaban J connectivity index is 1.91. The van der Waals surface area contributed by atoms with Crippen LogP contribution in [0.5, 0.6) is 17.4 Å². The number of nitrogens with one attached hydrogen (secondary N) is 1. The lowest BCUT2D eigenvalue weighted by atomic mass is 10.0. The third kappa shape index (κ3) is 3.98. The summed E-state index contributed by atoms with van der Waals surface area (Å²) in [5, 5.41) is 10.6. The van der Waals surface area contributed by atoms with Crippen LogP contribution in [0.25, 0.3) is 0 Å². The van der Waals surface area contributed by atoms with Crippen LogP contribution in [-0.2, 0) is 7.05 Å². The Morgan fingerprint density at radius 3 is 2.74 bits per heavy atom. The van der Waals surface area contributed by atoms with Gasteiger partial charge in [0.2, 0.25) is 5.88 Å². The van der Waals surface area contributed by atoms with Gasteiger partial charge in [0, 0.05) is 35.2 Å². The van der Waals surface area contributed by atoms with Crippen LogP contribution in [0.3, 0.4) is 0 Å². The van der Waals surface area contributed by atoms with Crippen LogP contribution in [0.2, 0.25) is 0 Å². The van der Waals surface area contributed by atoms with E-state index in [4.69, 9.17) is 26.7 Å². The van der Waals surface area contributed by atoms with E-state index in [9.17, 15) is 9.90 Å². The molecule has 0 saturated heterocycles. The Labute approximate surface area is 188 Å². The van der Waals surface area contributed by atoms with E-state index in [2.05, 4.69) is 4.98 Å². The second-order valence-electron chi connectivity index (χ2n) is 6.96. The largest absolute Gasteiger partial charge is 0.497 e. The minimum atomic E-state index is -0.468. The molecule has 2 aromatic carbocycles. The number of hydrogen-bond donors (Lipinski definition) is 2. The first kappa shape index (κ1) is 21.2. The minimum Gasteiger partial charge on any atom is -0.497 e. The highest BCUT2D eigenvalue weighted by Gasteiger charge is 2.28. The maximum Gasteiger partial charge on any atom is 0.264 e. The predicted molar refractivity (Wildman–Crippen MR) is 124 cm³/mol. The van der Waals surface area contributed by atoms with Gasteiger partial charge in [0.05, 0.1) is 25.6 Å². The van der Waals surface area contributed by atoms with Crippen molar-refractivity contribution in [3.05, 3.63) is 68.7 Å². The zero-order valence-electron chi connectivity index (χ0n) is 17.2. The molecule has 7 nitrogen and oxygen atoms in total. The number of methoxy groups -OCH3 is 2. The van der Waals surface area contributed by atoms with Gasteiger partial charge in [-0.1, -0.05) is 18.2 Å². The van der Waals surface area contributed by atoms with Crippen molar-refractivity contribution in [2.24, 2.45) is 12.0 Å². The van der Waals surface area contributed by atoms with E-state index < -0.39 is 5.56 Å². The average molecular weight is 456 g/mol. The molecule has 9 heteroatoms. The van der Waals surface area contributed by atoms with Crippen LogP contribution in [0, 0.1) is 4.77 Å². The fraction of sp³-hybridized carbons (Fsp3) is 0.227. The number of aromatic hydroxyl groups is 1. The number of nitrogens with zero attached hydrogens (tertiary/aromatic N) is 2. The second kappa shape index (κ2) is 8.60. The molecule has 0 saturated carbocycles. The van der Waals surface area contributed by atoms with Gasteiger partial charge in [0.1, 0.15) is 17.1 Å². The Kier molecular flexibility index (Phi) is 5.88. The summed E-state index contributed by atoms with van der Waals surface area (Å²) in [6.07, 6.45) is 0.398. The van der Waals surface area contributed by atoms with Crippen LogP contribution in [0.1, 0.15) is 22.8 Å². The fourth-order valence-electron chi connectivity index (χ4n) is 3.50. The van der Waals surface area contributed by atoms with Crippen LogP contribution in [0.15, 0.2) is 57.1 Å². The van der Waals surface area contributed by atoms with Crippen molar-refractivity contribution in [2.45, 2.75) is 16.6 Å². The van der Waals surface area contributed by atoms with Gasteiger partial charge in [-0.05, 0) is 30.4 Å². The summed E-state index contributed by atoms with van der Waals surface area (Å²) >= 11 is 6.75. The first-order valence-corrected chi connectivity index (χ1v) is 10.8. The van der Waals surface area contributed by atoms with Gasteiger partial charge in [0.15, 0.2) is 4.77 Å². The molecule has 1 aliphatic rings. The lowest BCUT2D eigenvalue weighted by molar-refractivity contribution is 0.391. The highest BCUT2D eigenvalue weighted by Crippen LogP contribution is 2.48. The number of hydrogen-bond acceptors (Lipinski definition) is 7. The van der Waals surface area contributed by atoms with Gasteiger partial charge >= 0.3 is 0 Å². The van der Waals surface area contributed by atoms with Crippen LogP contribution in [0.4, 0.5) is 5.69 Å².